The third-order valence-corrected chi connectivity index (χ3v) is 2.80. The van der Waals surface area contributed by atoms with Gasteiger partial charge in [-0.1, -0.05) is 12.1 Å². The predicted octanol–water partition coefficient (Wildman–Crippen LogP) is 1.42. The van der Waals surface area contributed by atoms with Gasteiger partial charge < -0.3 is 4.57 Å². The van der Waals surface area contributed by atoms with Crippen LogP contribution >= 0.6 is 0 Å². The van der Waals surface area contributed by atoms with Crippen molar-refractivity contribution in [1.29, 1.82) is 0 Å². The van der Waals surface area contributed by atoms with Crippen LogP contribution in [0.4, 0.5) is 4.39 Å². The highest BCUT2D eigenvalue weighted by atomic mass is 19.1. The lowest BCUT2D eigenvalue weighted by Gasteiger charge is -2.16. The molecule has 90 valence electrons. The Hall–Kier alpha value is -1.72. The topological polar surface area (TPSA) is 55.9 Å². The molecule has 0 saturated heterocycles. The monoisotopic (exact) mass is 234 g/mol. The third kappa shape index (κ3) is 2.20. The molecule has 0 saturated carbocycles. The number of halogens is 1. The minimum Gasteiger partial charge on any atom is -0.336 e. The van der Waals surface area contributed by atoms with Crippen LogP contribution in [0.3, 0.4) is 0 Å². The minimum atomic E-state index is -0.241. The second kappa shape index (κ2) is 4.65. The number of nitrogens with two attached hydrogens (primary N) is 1. The summed E-state index contributed by atoms with van der Waals surface area (Å²) in [6, 6.07) is 4.68. The summed E-state index contributed by atoms with van der Waals surface area (Å²) in [5.41, 5.74) is 4.19. The van der Waals surface area contributed by atoms with E-state index in [0.29, 0.717) is 5.56 Å². The first-order chi connectivity index (χ1) is 8.13. The first kappa shape index (κ1) is 11.8. The molecule has 0 radical (unpaired) electrons. The number of imidazole rings is 1. The molecule has 2 aromatic rings. The Balaban J connectivity index is 2.42. The highest BCUT2D eigenvalue weighted by molar-refractivity contribution is 5.30. The summed E-state index contributed by atoms with van der Waals surface area (Å²) in [6.45, 7) is 1.73. The van der Waals surface area contributed by atoms with Crippen LogP contribution in [-0.2, 0) is 7.05 Å². The lowest BCUT2D eigenvalue weighted by Crippen LogP contribution is -2.30. The molecule has 0 aliphatic rings. The molecule has 1 atom stereocenters. The predicted molar refractivity (Wildman–Crippen MR) is 63.5 cm³/mol. The van der Waals surface area contributed by atoms with Crippen LogP contribution in [0.5, 0.6) is 0 Å². The Morgan fingerprint density at radius 3 is 2.76 bits per heavy atom. The van der Waals surface area contributed by atoms with Crippen molar-refractivity contribution < 1.29 is 4.39 Å². The molecule has 4 nitrogen and oxygen atoms in total. The normalized spacial score (nSPS) is 12.7. The van der Waals surface area contributed by atoms with Gasteiger partial charge in [-0.2, -0.15) is 0 Å². The Morgan fingerprint density at radius 2 is 2.24 bits per heavy atom. The molecule has 3 N–H and O–H groups in total. The molecule has 1 heterocycles. The van der Waals surface area contributed by atoms with Crippen LogP contribution in [0.25, 0.3) is 0 Å². The highest BCUT2D eigenvalue weighted by Crippen LogP contribution is 2.21. The van der Waals surface area contributed by atoms with E-state index in [-0.39, 0.29) is 11.9 Å². The van der Waals surface area contributed by atoms with E-state index in [4.69, 9.17) is 5.84 Å². The van der Waals surface area contributed by atoms with Crippen molar-refractivity contribution in [3.63, 3.8) is 0 Å². The zero-order valence-electron chi connectivity index (χ0n) is 9.81. The molecule has 17 heavy (non-hydrogen) atoms. The van der Waals surface area contributed by atoms with E-state index < -0.39 is 0 Å². The van der Waals surface area contributed by atoms with Gasteiger partial charge in [0, 0.05) is 19.4 Å². The van der Waals surface area contributed by atoms with Crippen LogP contribution in [0.2, 0.25) is 0 Å². The summed E-state index contributed by atoms with van der Waals surface area (Å²) in [4.78, 5) is 4.24. The number of nitrogens with one attached hydrogen (secondary N) is 1. The van der Waals surface area contributed by atoms with Gasteiger partial charge in [0.25, 0.3) is 0 Å². The molecule has 0 aliphatic carbocycles. The molecule has 1 aromatic carbocycles. The minimum absolute atomic E-state index is 0.218. The molecule has 1 aromatic heterocycles. The number of hydrazine groups is 1. The highest BCUT2D eigenvalue weighted by Gasteiger charge is 2.17. The quantitative estimate of drug-likeness (QED) is 0.624. The molecule has 0 fully saturated rings. The number of hydrogen-bond donors (Lipinski definition) is 2. The maximum Gasteiger partial charge on any atom is 0.131 e. The van der Waals surface area contributed by atoms with Crippen LogP contribution in [0.1, 0.15) is 23.0 Å². The van der Waals surface area contributed by atoms with E-state index in [9.17, 15) is 4.39 Å². The van der Waals surface area contributed by atoms with Gasteiger partial charge in [0.1, 0.15) is 17.7 Å². The van der Waals surface area contributed by atoms with E-state index in [1.807, 2.05) is 17.8 Å². The van der Waals surface area contributed by atoms with E-state index >= 15 is 0 Å². The van der Waals surface area contributed by atoms with Crippen molar-refractivity contribution in [1.82, 2.24) is 15.0 Å². The lowest BCUT2D eigenvalue weighted by molar-refractivity contribution is 0.574. The first-order valence-corrected chi connectivity index (χ1v) is 5.33. The summed E-state index contributed by atoms with van der Waals surface area (Å²) in [5, 5.41) is 0. The van der Waals surface area contributed by atoms with Gasteiger partial charge in [0.15, 0.2) is 0 Å². The molecule has 0 amide bonds. The maximum atomic E-state index is 13.2. The molecule has 2 rings (SSSR count). The fourth-order valence-electron chi connectivity index (χ4n) is 1.82. The maximum absolute atomic E-state index is 13.2. The van der Waals surface area contributed by atoms with Crippen LogP contribution < -0.4 is 11.3 Å². The number of aryl methyl sites for hydroxylation is 2. The Kier molecular flexibility index (Phi) is 3.21. The molecule has 0 aliphatic heterocycles. The number of nitrogens with zero attached hydrogens (tertiary/aromatic N) is 2. The van der Waals surface area contributed by atoms with Gasteiger partial charge in [0.05, 0.1) is 0 Å². The Labute approximate surface area is 99.2 Å². The number of hydrogen-bond acceptors (Lipinski definition) is 3. The summed E-state index contributed by atoms with van der Waals surface area (Å²) < 4.78 is 15.1. The summed E-state index contributed by atoms with van der Waals surface area (Å²) in [7, 11) is 1.89. The van der Waals surface area contributed by atoms with E-state index in [1.54, 1.807) is 25.3 Å². The standard InChI is InChI=1S/C12H15FN4/c1-8-7-9(3-4-10(8)13)11(16-14)12-15-5-6-17(12)2/h3-7,11,16H,14H2,1-2H3. The van der Waals surface area contributed by atoms with Gasteiger partial charge in [-0.3, -0.25) is 5.84 Å². The van der Waals surface area contributed by atoms with E-state index in [2.05, 4.69) is 10.4 Å². The average Bonchev–Trinajstić information content (AvgIpc) is 2.71. The fourth-order valence-corrected chi connectivity index (χ4v) is 1.82. The van der Waals surface area contributed by atoms with Crippen LogP contribution in [0, 0.1) is 12.7 Å². The number of benzene rings is 1. The molecule has 1 unspecified atom stereocenters. The lowest BCUT2D eigenvalue weighted by atomic mass is 10.0. The van der Waals surface area contributed by atoms with Gasteiger partial charge in [-0.05, 0) is 24.1 Å². The first-order valence-electron chi connectivity index (χ1n) is 5.33. The summed E-state index contributed by atoms with van der Waals surface area (Å²) in [6.07, 6.45) is 3.55. The zero-order valence-corrected chi connectivity index (χ0v) is 9.81. The number of aromatic nitrogens is 2. The van der Waals surface area contributed by atoms with Gasteiger partial charge >= 0.3 is 0 Å². The van der Waals surface area contributed by atoms with E-state index in [1.165, 1.54) is 6.07 Å². The van der Waals surface area contributed by atoms with Crippen molar-refractivity contribution in [3.8, 4) is 0 Å². The Morgan fingerprint density at radius 1 is 1.47 bits per heavy atom. The fraction of sp³-hybridized carbons (Fsp3) is 0.250. The molecular formula is C12H15FN4. The van der Waals surface area contributed by atoms with Crippen LogP contribution in [0.15, 0.2) is 30.6 Å². The van der Waals surface area contributed by atoms with Crippen molar-refractivity contribution >= 4 is 0 Å². The molecule has 0 spiro atoms. The molecule has 5 heteroatoms. The van der Waals surface area contributed by atoms with Crippen molar-refractivity contribution in [2.45, 2.75) is 13.0 Å². The summed E-state index contributed by atoms with van der Waals surface area (Å²) >= 11 is 0. The van der Waals surface area contributed by atoms with Gasteiger partial charge in [-0.25, -0.2) is 14.8 Å². The Bertz CT molecular complexity index is 521. The molecule has 0 bridgehead atoms. The third-order valence-electron chi connectivity index (χ3n) is 2.80. The summed E-state index contributed by atoms with van der Waals surface area (Å²) in [5.74, 6) is 6.13. The van der Waals surface area contributed by atoms with Crippen molar-refractivity contribution in [2.24, 2.45) is 12.9 Å². The van der Waals surface area contributed by atoms with Gasteiger partial charge in [0.2, 0.25) is 0 Å². The zero-order chi connectivity index (χ0) is 12.4. The van der Waals surface area contributed by atoms with Crippen molar-refractivity contribution in [3.05, 3.63) is 53.4 Å². The average molecular weight is 234 g/mol. The van der Waals surface area contributed by atoms with Crippen molar-refractivity contribution in [2.75, 3.05) is 0 Å². The largest absolute Gasteiger partial charge is 0.336 e. The van der Waals surface area contributed by atoms with E-state index in [0.717, 1.165) is 11.4 Å². The smallest absolute Gasteiger partial charge is 0.131 e. The second-order valence-corrected chi connectivity index (χ2v) is 4.00. The van der Waals surface area contributed by atoms with Gasteiger partial charge in [-0.15, -0.1) is 0 Å². The van der Waals surface area contributed by atoms with Crippen LogP contribution in [-0.4, -0.2) is 9.55 Å². The molecular weight excluding hydrogens is 219 g/mol. The number of rotatable bonds is 3. The second-order valence-electron chi connectivity index (χ2n) is 4.00. The SMILES string of the molecule is Cc1cc(C(NN)c2nccn2C)ccc1F.